The normalized spacial score (nSPS) is 19.2. The van der Waals surface area contributed by atoms with Crippen LogP contribution in [0.25, 0.3) is 6.08 Å². The maximum absolute atomic E-state index is 12.4. The standard InChI is InChI=1S/C19H23F2NO5/c1-24-16-12-13(2-4-15(16)27-19(20)21)3-5-17(23)22-8-6-14(7-9-22)18-25-10-11-26-18/h2-5,12,14,18-19H,6-11H2,1H3/b5-3+. The summed E-state index contributed by atoms with van der Waals surface area (Å²) in [6.45, 7) is -0.345. The highest BCUT2D eigenvalue weighted by molar-refractivity contribution is 5.91. The SMILES string of the molecule is COc1cc(/C=C/C(=O)N2CCC(C3OCCO3)CC2)ccc1OC(F)F. The average molecular weight is 383 g/mol. The fourth-order valence-electron chi connectivity index (χ4n) is 3.29. The van der Waals surface area contributed by atoms with Gasteiger partial charge in [0.15, 0.2) is 17.8 Å². The van der Waals surface area contributed by atoms with E-state index in [1.54, 1.807) is 23.1 Å². The van der Waals surface area contributed by atoms with Crippen LogP contribution in [-0.4, -0.2) is 57.1 Å². The number of alkyl halides is 2. The molecule has 0 N–H and O–H groups in total. The number of hydrogen-bond acceptors (Lipinski definition) is 5. The third-order valence-electron chi connectivity index (χ3n) is 4.71. The third kappa shape index (κ3) is 5.17. The lowest BCUT2D eigenvalue weighted by Crippen LogP contribution is -2.40. The summed E-state index contributed by atoms with van der Waals surface area (Å²) in [6, 6.07) is 4.52. The maximum Gasteiger partial charge on any atom is 0.387 e. The van der Waals surface area contributed by atoms with E-state index in [0.717, 1.165) is 12.8 Å². The zero-order valence-electron chi connectivity index (χ0n) is 15.1. The first-order chi connectivity index (χ1) is 13.1. The quantitative estimate of drug-likeness (QED) is 0.707. The summed E-state index contributed by atoms with van der Waals surface area (Å²) in [4.78, 5) is 14.2. The molecule has 0 saturated carbocycles. The van der Waals surface area contributed by atoms with Crippen molar-refractivity contribution in [3.8, 4) is 11.5 Å². The van der Waals surface area contributed by atoms with E-state index in [0.29, 0.717) is 37.8 Å². The second-order valence-electron chi connectivity index (χ2n) is 6.39. The van der Waals surface area contributed by atoms with E-state index in [4.69, 9.17) is 14.2 Å². The molecule has 0 aliphatic carbocycles. The number of rotatable bonds is 6. The number of carbonyl (C=O) groups is 1. The summed E-state index contributed by atoms with van der Waals surface area (Å²) < 4.78 is 45.3. The van der Waals surface area contributed by atoms with Crippen LogP contribution in [0.5, 0.6) is 11.5 Å². The highest BCUT2D eigenvalue weighted by Gasteiger charge is 2.31. The molecular weight excluding hydrogens is 360 g/mol. The fraction of sp³-hybridized carbons (Fsp3) is 0.526. The van der Waals surface area contributed by atoms with Gasteiger partial charge < -0.3 is 23.8 Å². The van der Waals surface area contributed by atoms with Crippen LogP contribution in [0, 0.1) is 5.92 Å². The Hall–Kier alpha value is -2.19. The smallest absolute Gasteiger partial charge is 0.387 e. The Morgan fingerprint density at radius 3 is 2.56 bits per heavy atom. The maximum atomic E-state index is 12.4. The third-order valence-corrected chi connectivity index (χ3v) is 4.71. The topological polar surface area (TPSA) is 57.2 Å². The summed E-state index contributed by atoms with van der Waals surface area (Å²) in [5.41, 5.74) is 0.657. The summed E-state index contributed by atoms with van der Waals surface area (Å²) in [7, 11) is 1.37. The number of hydrogen-bond donors (Lipinski definition) is 0. The number of nitrogens with zero attached hydrogens (tertiary/aromatic N) is 1. The van der Waals surface area contributed by atoms with Crippen LogP contribution in [-0.2, 0) is 14.3 Å². The minimum absolute atomic E-state index is 0.0469. The fourth-order valence-corrected chi connectivity index (χ4v) is 3.29. The van der Waals surface area contributed by atoms with Gasteiger partial charge in [-0.2, -0.15) is 8.78 Å². The van der Waals surface area contributed by atoms with Crippen LogP contribution in [0.3, 0.4) is 0 Å². The van der Waals surface area contributed by atoms with Gasteiger partial charge in [0, 0.05) is 25.1 Å². The van der Waals surface area contributed by atoms with Crippen molar-refractivity contribution in [2.45, 2.75) is 25.7 Å². The van der Waals surface area contributed by atoms with Crippen molar-refractivity contribution in [2.24, 2.45) is 5.92 Å². The van der Waals surface area contributed by atoms with Gasteiger partial charge in [0.25, 0.3) is 0 Å². The molecule has 0 unspecified atom stereocenters. The van der Waals surface area contributed by atoms with Gasteiger partial charge in [0.2, 0.25) is 5.91 Å². The molecule has 8 heteroatoms. The van der Waals surface area contributed by atoms with Gasteiger partial charge in [-0.1, -0.05) is 6.07 Å². The first-order valence-electron chi connectivity index (χ1n) is 8.90. The molecule has 2 aliphatic rings. The lowest BCUT2D eigenvalue weighted by Gasteiger charge is -2.33. The number of carbonyl (C=O) groups excluding carboxylic acids is 1. The number of methoxy groups -OCH3 is 1. The predicted molar refractivity (Wildman–Crippen MR) is 93.7 cm³/mol. The summed E-state index contributed by atoms with van der Waals surface area (Å²) in [5.74, 6) is 0.373. The van der Waals surface area contributed by atoms with E-state index in [-0.39, 0.29) is 23.7 Å². The second kappa shape index (κ2) is 9.14. The van der Waals surface area contributed by atoms with Crippen molar-refractivity contribution in [1.29, 1.82) is 0 Å². The highest BCUT2D eigenvalue weighted by atomic mass is 19.3. The number of piperidine rings is 1. The van der Waals surface area contributed by atoms with E-state index in [1.807, 2.05) is 0 Å². The van der Waals surface area contributed by atoms with E-state index in [9.17, 15) is 13.6 Å². The summed E-state index contributed by atoms with van der Waals surface area (Å²) in [6.07, 6.45) is 4.66. The van der Waals surface area contributed by atoms with Gasteiger partial charge in [-0.05, 0) is 36.6 Å². The Morgan fingerprint density at radius 1 is 1.22 bits per heavy atom. The number of ether oxygens (including phenoxy) is 4. The van der Waals surface area contributed by atoms with Crippen molar-refractivity contribution >= 4 is 12.0 Å². The Labute approximate surface area is 156 Å². The molecule has 0 atom stereocenters. The molecule has 0 aromatic heterocycles. The number of likely N-dealkylation sites (tertiary alicyclic amines) is 1. The lowest BCUT2D eigenvalue weighted by molar-refractivity contribution is -0.131. The molecule has 0 bridgehead atoms. The van der Waals surface area contributed by atoms with E-state index < -0.39 is 6.61 Å². The molecule has 0 radical (unpaired) electrons. The average Bonchev–Trinajstić information content (AvgIpc) is 3.21. The van der Waals surface area contributed by atoms with E-state index in [1.165, 1.54) is 19.3 Å². The Morgan fingerprint density at radius 2 is 1.93 bits per heavy atom. The van der Waals surface area contributed by atoms with Crippen LogP contribution in [0.1, 0.15) is 18.4 Å². The molecule has 3 rings (SSSR count). The molecular formula is C19H23F2NO5. The van der Waals surface area contributed by atoms with Gasteiger partial charge in [-0.15, -0.1) is 0 Å². The molecule has 2 aliphatic heterocycles. The molecule has 148 valence electrons. The van der Waals surface area contributed by atoms with Crippen LogP contribution < -0.4 is 9.47 Å². The zero-order chi connectivity index (χ0) is 19.2. The van der Waals surface area contributed by atoms with Gasteiger partial charge in [0.05, 0.1) is 20.3 Å². The van der Waals surface area contributed by atoms with Gasteiger partial charge in [-0.3, -0.25) is 4.79 Å². The van der Waals surface area contributed by atoms with Crippen molar-refractivity contribution in [3.63, 3.8) is 0 Å². The monoisotopic (exact) mass is 383 g/mol. The van der Waals surface area contributed by atoms with Crippen molar-refractivity contribution in [3.05, 3.63) is 29.8 Å². The van der Waals surface area contributed by atoms with E-state index in [2.05, 4.69) is 4.74 Å². The molecule has 1 amide bonds. The number of amides is 1. The number of halogens is 2. The summed E-state index contributed by atoms with van der Waals surface area (Å²) in [5, 5.41) is 0. The molecule has 27 heavy (non-hydrogen) atoms. The van der Waals surface area contributed by atoms with Gasteiger partial charge >= 0.3 is 6.61 Å². The first kappa shape index (κ1) is 19.6. The predicted octanol–water partition coefficient (Wildman–Crippen LogP) is 2.92. The Bertz CT molecular complexity index is 668. The molecule has 2 saturated heterocycles. The van der Waals surface area contributed by atoms with Gasteiger partial charge in [-0.25, -0.2) is 0 Å². The van der Waals surface area contributed by atoms with Crippen molar-refractivity contribution in [2.75, 3.05) is 33.4 Å². The molecule has 1 aromatic carbocycles. The highest BCUT2D eigenvalue weighted by Crippen LogP contribution is 2.30. The second-order valence-corrected chi connectivity index (χ2v) is 6.39. The minimum atomic E-state index is -2.93. The Kier molecular flexibility index (Phi) is 6.63. The molecule has 1 aromatic rings. The van der Waals surface area contributed by atoms with Crippen molar-refractivity contribution in [1.82, 2.24) is 4.90 Å². The molecule has 6 nitrogen and oxygen atoms in total. The van der Waals surface area contributed by atoms with Crippen LogP contribution in [0.2, 0.25) is 0 Å². The molecule has 2 heterocycles. The minimum Gasteiger partial charge on any atom is -0.493 e. The number of benzene rings is 1. The van der Waals surface area contributed by atoms with Crippen LogP contribution >= 0.6 is 0 Å². The molecule has 0 spiro atoms. The lowest BCUT2D eigenvalue weighted by atomic mass is 9.96. The van der Waals surface area contributed by atoms with Crippen molar-refractivity contribution < 1.29 is 32.5 Å². The van der Waals surface area contributed by atoms with Crippen LogP contribution in [0.4, 0.5) is 8.78 Å². The molecule has 2 fully saturated rings. The summed E-state index contributed by atoms with van der Waals surface area (Å²) >= 11 is 0. The van der Waals surface area contributed by atoms with Gasteiger partial charge in [0.1, 0.15) is 0 Å². The first-order valence-corrected chi connectivity index (χ1v) is 8.90. The van der Waals surface area contributed by atoms with Crippen LogP contribution in [0.15, 0.2) is 24.3 Å². The zero-order valence-corrected chi connectivity index (χ0v) is 15.1. The van der Waals surface area contributed by atoms with E-state index >= 15 is 0 Å². The Balaban J connectivity index is 1.55. The largest absolute Gasteiger partial charge is 0.493 e.